The smallest absolute Gasteiger partial charge is 0.460 e. The highest BCUT2D eigenvalue weighted by atomic mass is 19.4. The maximum Gasteiger partial charge on any atom is 0.460 e. The molecule has 4 nitrogen and oxygen atoms in total. The molecule has 0 atom stereocenters. The normalized spacial score (nSPS) is 14.8. The highest BCUT2D eigenvalue weighted by Gasteiger charge is 2.95. The molecule has 0 aliphatic rings. The molecule has 1 N–H and O–H groups in total. The van der Waals surface area contributed by atoms with Gasteiger partial charge in [0.1, 0.15) is 0 Å². The number of hydrogen-bond donors (Lipinski definition) is 1. The fourth-order valence-electron chi connectivity index (χ4n) is 2.32. The Bertz CT molecular complexity index is 1050. The summed E-state index contributed by atoms with van der Waals surface area (Å²) in [4.78, 5) is 22.7. The van der Waals surface area contributed by atoms with Gasteiger partial charge in [-0.25, -0.2) is 4.79 Å². The van der Waals surface area contributed by atoms with Crippen LogP contribution in [-0.2, 0) is 9.53 Å². The van der Waals surface area contributed by atoms with E-state index in [1.807, 2.05) is 0 Å². The maximum atomic E-state index is 13.9. The van der Waals surface area contributed by atoms with Gasteiger partial charge in [0, 0.05) is 5.69 Å². The first-order chi connectivity index (χ1) is 16.6. The second-order valence-electron chi connectivity index (χ2n) is 7.04. The van der Waals surface area contributed by atoms with Crippen molar-refractivity contribution in [3.8, 4) is 0 Å². The molecule has 0 unspecified atom stereocenters. The number of carbonyl (C=O) groups excluding carboxylic acids is 2. The van der Waals surface area contributed by atoms with Gasteiger partial charge < -0.3 is 10.1 Å². The molecule has 1 aromatic rings. The number of anilines is 1. The van der Waals surface area contributed by atoms with Gasteiger partial charge in [0.25, 0.3) is 0 Å². The molecule has 0 spiro atoms. The lowest BCUT2D eigenvalue weighted by atomic mass is 9.89. The summed E-state index contributed by atoms with van der Waals surface area (Å²) in [5.74, 6) is -63.3. The second-order valence-corrected chi connectivity index (χ2v) is 7.04. The van der Waals surface area contributed by atoms with E-state index in [-0.39, 0.29) is 0 Å². The van der Waals surface area contributed by atoms with Crippen molar-refractivity contribution in [3.63, 3.8) is 0 Å². The molecule has 0 aromatic heterocycles. The Morgan fingerprint density at radius 1 is 0.579 bits per heavy atom. The van der Waals surface area contributed by atoms with Crippen LogP contribution >= 0.6 is 0 Å². The summed E-state index contributed by atoms with van der Waals surface area (Å²) in [6.07, 6.45) is -7.86. The first-order valence-electron chi connectivity index (χ1n) is 8.80. The van der Waals surface area contributed by atoms with Crippen molar-refractivity contribution in [2.24, 2.45) is 0 Å². The van der Waals surface area contributed by atoms with Crippen LogP contribution in [-0.4, -0.2) is 66.6 Å². The zero-order chi connectivity index (χ0) is 30.6. The molecular formula is C17H8F17NO3. The van der Waals surface area contributed by atoms with Crippen molar-refractivity contribution < 1.29 is 89.0 Å². The van der Waals surface area contributed by atoms with Gasteiger partial charge in [-0.15, -0.1) is 0 Å². The van der Waals surface area contributed by atoms with E-state index in [9.17, 15) is 84.2 Å². The molecule has 0 saturated carbocycles. The Morgan fingerprint density at radius 3 is 1.26 bits per heavy atom. The number of esters is 1. The Balaban J connectivity index is 3.51. The van der Waals surface area contributed by atoms with Crippen LogP contribution < -0.4 is 5.32 Å². The molecule has 0 fully saturated rings. The molecule has 218 valence electrons. The minimum Gasteiger partial charge on any atom is -0.465 e. The van der Waals surface area contributed by atoms with E-state index in [4.69, 9.17) is 0 Å². The highest BCUT2D eigenvalue weighted by molar-refractivity contribution is 5.97. The van der Waals surface area contributed by atoms with E-state index < -0.39 is 70.8 Å². The number of halogens is 17. The van der Waals surface area contributed by atoms with Crippen LogP contribution in [0.15, 0.2) is 24.3 Å². The minimum absolute atomic E-state index is 0.396. The third-order valence-corrected chi connectivity index (χ3v) is 4.57. The van der Waals surface area contributed by atoms with Crippen LogP contribution in [0.1, 0.15) is 10.4 Å². The average molecular weight is 597 g/mol. The molecule has 0 bridgehead atoms. The fourth-order valence-corrected chi connectivity index (χ4v) is 2.32. The van der Waals surface area contributed by atoms with Gasteiger partial charge in [0.15, 0.2) is 0 Å². The van der Waals surface area contributed by atoms with Crippen molar-refractivity contribution in [2.75, 3.05) is 12.4 Å². The molecule has 1 rings (SSSR count). The molecule has 1 aromatic carbocycles. The third kappa shape index (κ3) is 4.56. The zero-order valence-corrected chi connectivity index (χ0v) is 17.5. The molecule has 38 heavy (non-hydrogen) atoms. The predicted octanol–water partition coefficient (Wildman–Crippen LogP) is 6.42. The number of methoxy groups -OCH3 is 1. The summed E-state index contributed by atoms with van der Waals surface area (Å²) in [5, 5.41) is 0.705. The van der Waals surface area contributed by atoms with Gasteiger partial charge in [0.05, 0.1) is 12.7 Å². The molecule has 21 heteroatoms. The molecular weight excluding hydrogens is 589 g/mol. The Kier molecular flexibility index (Phi) is 8.09. The van der Waals surface area contributed by atoms with Gasteiger partial charge in [-0.3, -0.25) is 4.79 Å². The van der Waals surface area contributed by atoms with Crippen LogP contribution in [0.3, 0.4) is 0 Å². The summed E-state index contributed by atoms with van der Waals surface area (Å²) in [5.41, 5.74) is -1.47. The Labute approximate surface area is 197 Å². The monoisotopic (exact) mass is 597 g/mol. The lowest BCUT2D eigenvalue weighted by Crippen LogP contribution is -2.75. The Morgan fingerprint density at radius 2 is 0.921 bits per heavy atom. The molecule has 0 aliphatic carbocycles. The quantitative estimate of drug-likeness (QED) is 0.264. The standard InChI is InChI=1S/C17H8F17NO3/c1-38-8(36)6-2-4-7(5-3-6)35-9(37)10(18,19)11(20,21)12(22,23)13(24,25)14(26,27)15(28,29)16(30,31)17(32,33)34/h2-5H,1H3,(H,35,37). The summed E-state index contributed by atoms with van der Waals surface area (Å²) in [6, 6.07) is 2.12. The summed E-state index contributed by atoms with van der Waals surface area (Å²) in [6.45, 7) is 0. The molecule has 0 saturated heterocycles. The first-order valence-corrected chi connectivity index (χ1v) is 8.80. The van der Waals surface area contributed by atoms with Gasteiger partial charge in [-0.2, -0.15) is 74.6 Å². The first kappa shape index (κ1) is 33.0. The number of carbonyl (C=O) groups is 2. The van der Waals surface area contributed by atoms with Crippen LogP contribution in [0, 0.1) is 0 Å². The number of alkyl halides is 17. The van der Waals surface area contributed by atoms with Crippen molar-refractivity contribution in [1.82, 2.24) is 0 Å². The number of nitrogens with one attached hydrogen (secondary N) is 1. The van der Waals surface area contributed by atoms with Crippen LogP contribution in [0.5, 0.6) is 0 Å². The lowest BCUT2D eigenvalue weighted by molar-refractivity contribution is -0.459. The van der Waals surface area contributed by atoms with E-state index >= 15 is 0 Å². The number of rotatable bonds is 9. The number of benzene rings is 1. The van der Waals surface area contributed by atoms with E-state index in [1.54, 1.807) is 0 Å². The maximum absolute atomic E-state index is 13.9. The number of hydrogen-bond acceptors (Lipinski definition) is 3. The van der Waals surface area contributed by atoms with E-state index in [1.165, 1.54) is 0 Å². The van der Waals surface area contributed by atoms with Crippen molar-refractivity contribution in [1.29, 1.82) is 0 Å². The predicted molar refractivity (Wildman–Crippen MR) is 87.1 cm³/mol. The molecule has 0 radical (unpaired) electrons. The molecule has 0 aliphatic heterocycles. The largest absolute Gasteiger partial charge is 0.465 e. The van der Waals surface area contributed by atoms with Gasteiger partial charge in [0.2, 0.25) is 0 Å². The number of amides is 1. The van der Waals surface area contributed by atoms with Gasteiger partial charge in [-0.1, -0.05) is 0 Å². The highest BCUT2D eigenvalue weighted by Crippen LogP contribution is 2.64. The second kappa shape index (κ2) is 9.31. The minimum atomic E-state index is -8.79. The summed E-state index contributed by atoms with van der Waals surface area (Å²) < 4.78 is 229. The number of ether oxygens (including phenoxy) is 1. The lowest BCUT2D eigenvalue weighted by Gasteiger charge is -2.42. The van der Waals surface area contributed by atoms with Gasteiger partial charge in [-0.05, 0) is 24.3 Å². The van der Waals surface area contributed by atoms with E-state index in [0.29, 0.717) is 29.6 Å². The molecule has 1 amide bonds. The van der Waals surface area contributed by atoms with Crippen molar-refractivity contribution >= 4 is 17.6 Å². The van der Waals surface area contributed by atoms with E-state index in [2.05, 4.69) is 4.74 Å². The third-order valence-electron chi connectivity index (χ3n) is 4.57. The van der Waals surface area contributed by atoms with Gasteiger partial charge >= 0.3 is 59.5 Å². The SMILES string of the molecule is COC(=O)c1ccc(NC(=O)C(F)(F)C(F)(F)C(F)(F)C(F)(F)C(F)(F)C(F)(F)C(F)(F)C(F)(F)F)cc1. The van der Waals surface area contributed by atoms with Crippen LogP contribution in [0.25, 0.3) is 0 Å². The summed E-state index contributed by atoms with van der Waals surface area (Å²) in [7, 11) is 0.847. The topological polar surface area (TPSA) is 55.4 Å². The van der Waals surface area contributed by atoms with Crippen molar-refractivity contribution in [3.05, 3.63) is 29.8 Å². The van der Waals surface area contributed by atoms with Crippen molar-refractivity contribution in [2.45, 2.75) is 47.6 Å². The Hall–Kier alpha value is -3.03. The van der Waals surface area contributed by atoms with Crippen LogP contribution in [0.2, 0.25) is 0 Å². The molecule has 0 heterocycles. The average Bonchev–Trinajstić information content (AvgIpc) is 2.77. The zero-order valence-electron chi connectivity index (χ0n) is 17.5. The van der Waals surface area contributed by atoms with E-state index in [0.717, 1.165) is 7.11 Å². The summed E-state index contributed by atoms with van der Waals surface area (Å²) >= 11 is 0. The van der Waals surface area contributed by atoms with Crippen LogP contribution in [0.4, 0.5) is 80.3 Å². The fraction of sp³-hybridized carbons (Fsp3) is 0.529.